The number of ether oxygens (including phenoxy) is 3. The van der Waals surface area contributed by atoms with Crippen molar-refractivity contribution in [2.75, 3.05) is 34.5 Å². The monoisotopic (exact) mass is 269 g/mol. The molecule has 19 heavy (non-hydrogen) atoms. The molecule has 0 fully saturated rings. The van der Waals surface area contributed by atoms with Gasteiger partial charge in [-0.05, 0) is 24.7 Å². The molecule has 0 aliphatic carbocycles. The molecule has 1 unspecified atom stereocenters. The van der Waals surface area contributed by atoms with Gasteiger partial charge < -0.3 is 24.6 Å². The molecule has 5 nitrogen and oxygen atoms in total. The largest absolute Gasteiger partial charge is 0.493 e. The van der Waals surface area contributed by atoms with Crippen LogP contribution in [0.4, 0.5) is 0 Å². The zero-order valence-corrected chi connectivity index (χ0v) is 12.0. The van der Waals surface area contributed by atoms with E-state index in [1.54, 1.807) is 14.2 Å². The Morgan fingerprint density at radius 3 is 2.21 bits per heavy atom. The number of benzene rings is 1. The Bertz CT molecular complexity index is 370. The molecule has 1 aromatic carbocycles. The highest BCUT2D eigenvalue weighted by Crippen LogP contribution is 2.38. The summed E-state index contributed by atoms with van der Waals surface area (Å²) in [7, 11) is 5.08. The summed E-state index contributed by atoms with van der Waals surface area (Å²) < 4.78 is 16.4. The van der Waals surface area contributed by atoms with Gasteiger partial charge in [0.25, 0.3) is 0 Å². The van der Waals surface area contributed by atoms with Crippen LogP contribution in [0.25, 0.3) is 0 Å². The molecule has 0 heterocycles. The molecule has 1 rings (SSSR count). The predicted octanol–water partition coefficient (Wildman–Crippen LogP) is 1.43. The lowest BCUT2D eigenvalue weighted by molar-refractivity contribution is 0.167. The standard InChI is InChI=1S/C14H23NO4/c1-10(8-16)9-19-14-12(17-3)5-11(7-15-2)6-13(14)18-4/h5-6,10,15-16H,7-9H2,1-4H3. The van der Waals surface area contributed by atoms with Crippen molar-refractivity contribution in [1.29, 1.82) is 0 Å². The molecule has 0 aliphatic rings. The molecule has 108 valence electrons. The minimum Gasteiger partial charge on any atom is -0.493 e. The van der Waals surface area contributed by atoms with Crippen molar-refractivity contribution < 1.29 is 19.3 Å². The van der Waals surface area contributed by atoms with Crippen LogP contribution in [0.1, 0.15) is 12.5 Å². The summed E-state index contributed by atoms with van der Waals surface area (Å²) in [5, 5.41) is 12.1. The average Bonchev–Trinajstić information content (AvgIpc) is 2.44. The van der Waals surface area contributed by atoms with Gasteiger partial charge in [0, 0.05) is 19.1 Å². The van der Waals surface area contributed by atoms with Gasteiger partial charge in [0.05, 0.1) is 20.8 Å². The maximum atomic E-state index is 9.03. The number of aliphatic hydroxyl groups excluding tert-OH is 1. The lowest BCUT2D eigenvalue weighted by Crippen LogP contribution is -2.13. The third-order valence-electron chi connectivity index (χ3n) is 2.73. The van der Waals surface area contributed by atoms with Gasteiger partial charge in [-0.15, -0.1) is 0 Å². The SMILES string of the molecule is CNCc1cc(OC)c(OCC(C)CO)c(OC)c1. The molecule has 1 aromatic rings. The van der Waals surface area contributed by atoms with Crippen LogP contribution in [-0.4, -0.2) is 39.6 Å². The topological polar surface area (TPSA) is 60.0 Å². The van der Waals surface area contributed by atoms with E-state index in [0.717, 1.165) is 12.1 Å². The van der Waals surface area contributed by atoms with Crippen molar-refractivity contribution in [2.45, 2.75) is 13.5 Å². The maximum absolute atomic E-state index is 9.03. The molecular formula is C14H23NO4. The van der Waals surface area contributed by atoms with Crippen molar-refractivity contribution in [3.8, 4) is 17.2 Å². The molecule has 0 amide bonds. The first kappa shape index (κ1) is 15.6. The lowest BCUT2D eigenvalue weighted by Gasteiger charge is -2.17. The first-order valence-corrected chi connectivity index (χ1v) is 6.29. The van der Waals surface area contributed by atoms with Crippen LogP contribution in [0, 0.1) is 5.92 Å². The van der Waals surface area contributed by atoms with Crippen LogP contribution in [0.15, 0.2) is 12.1 Å². The third-order valence-corrected chi connectivity index (χ3v) is 2.73. The molecule has 1 atom stereocenters. The lowest BCUT2D eigenvalue weighted by atomic mass is 10.1. The average molecular weight is 269 g/mol. The van der Waals surface area contributed by atoms with Gasteiger partial charge in [-0.25, -0.2) is 0 Å². The van der Waals surface area contributed by atoms with Gasteiger partial charge in [0.2, 0.25) is 5.75 Å². The van der Waals surface area contributed by atoms with Crippen LogP contribution >= 0.6 is 0 Å². The third kappa shape index (κ3) is 4.29. The fraction of sp³-hybridized carbons (Fsp3) is 0.571. The molecule has 0 spiro atoms. The Hall–Kier alpha value is -1.46. The Labute approximate surface area is 114 Å². The van der Waals surface area contributed by atoms with Gasteiger partial charge in [-0.2, -0.15) is 0 Å². The van der Waals surface area contributed by atoms with Gasteiger partial charge >= 0.3 is 0 Å². The quantitative estimate of drug-likeness (QED) is 0.747. The van der Waals surface area contributed by atoms with E-state index in [0.29, 0.717) is 23.9 Å². The maximum Gasteiger partial charge on any atom is 0.203 e. The number of rotatable bonds is 8. The Balaban J connectivity index is 2.99. The second kappa shape index (κ2) is 7.86. The van der Waals surface area contributed by atoms with Crippen LogP contribution in [0.2, 0.25) is 0 Å². The summed E-state index contributed by atoms with van der Waals surface area (Å²) in [6, 6.07) is 3.83. The first-order chi connectivity index (χ1) is 9.15. The molecule has 5 heteroatoms. The zero-order chi connectivity index (χ0) is 14.3. The number of aliphatic hydroxyl groups is 1. The highest BCUT2D eigenvalue weighted by atomic mass is 16.5. The van der Waals surface area contributed by atoms with Gasteiger partial charge in [0.1, 0.15) is 0 Å². The molecule has 0 radical (unpaired) electrons. The Morgan fingerprint density at radius 2 is 1.79 bits per heavy atom. The number of hydrogen-bond donors (Lipinski definition) is 2. The van der Waals surface area contributed by atoms with E-state index in [-0.39, 0.29) is 12.5 Å². The highest BCUT2D eigenvalue weighted by Gasteiger charge is 2.15. The van der Waals surface area contributed by atoms with Crippen LogP contribution in [0.3, 0.4) is 0 Å². The van der Waals surface area contributed by atoms with Crippen molar-refractivity contribution in [1.82, 2.24) is 5.32 Å². The predicted molar refractivity (Wildman–Crippen MR) is 74.1 cm³/mol. The Morgan fingerprint density at radius 1 is 1.21 bits per heavy atom. The highest BCUT2D eigenvalue weighted by molar-refractivity contribution is 5.53. The van der Waals surface area contributed by atoms with E-state index < -0.39 is 0 Å². The van der Waals surface area contributed by atoms with Crippen molar-refractivity contribution in [3.63, 3.8) is 0 Å². The molecule has 2 N–H and O–H groups in total. The van der Waals surface area contributed by atoms with E-state index in [1.165, 1.54) is 0 Å². The first-order valence-electron chi connectivity index (χ1n) is 6.29. The molecule has 0 saturated heterocycles. The summed E-state index contributed by atoms with van der Waals surface area (Å²) in [5.41, 5.74) is 1.05. The summed E-state index contributed by atoms with van der Waals surface area (Å²) in [6.45, 7) is 3.13. The second-order valence-electron chi connectivity index (χ2n) is 4.46. The molecular weight excluding hydrogens is 246 g/mol. The fourth-order valence-electron chi connectivity index (χ4n) is 1.66. The number of nitrogens with one attached hydrogen (secondary N) is 1. The summed E-state index contributed by atoms with van der Waals surface area (Å²) in [4.78, 5) is 0. The normalized spacial score (nSPS) is 12.1. The van der Waals surface area contributed by atoms with Gasteiger partial charge in [-0.1, -0.05) is 6.92 Å². The summed E-state index contributed by atoms with van der Waals surface area (Å²) >= 11 is 0. The number of methoxy groups -OCH3 is 2. The zero-order valence-electron chi connectivity index (χ0n) is 12.0. The minimum absolute atomic E-state index is 0.0615. The van der Waals surface area contributed by atoms with Crippen LogP contribution in [-0.2, 0) is 6.54 Å². The van der Waals surface area contributed by atoms with E-state index in [9.17, 15) is 0 Å². The van der Waals surface area contributed by atoms with E-state index in [1.807, 2.05) is 26.1 Å². The smallest absolute Gasteiger partial charge is 0.203 e. The van der Waals surface area contributed by atoms with Crippen LogP contribution < -0.4 is 19.5 Å². The van der Waals surface area contributed by atoms with E-state index in [2.05, 4.69) is 5.32 Å². The summed E-state index contributed by atoms with van der Waals surface area (Å²) in [5.74, 6) is 1.90. The molecule has 0 aliphatic heterocycles. The van der Waals surface area contributed by atoms with E-state index in [4.69, 9.17) is 19.3 Å². The molecule has 0 saturated carbocycles. The van der Waals surface area contributed by atoms with Crippen molar-refractivity contribution >= 4 is 0 Å². The minimum atomic E-state index is 0.0615. The van der Waals surface area contributed by atoms with Crippen LogP contribution in [0.5, 0.6) is 17.2 Å². The Kier molecular flexibility index (Phi) is 6.45. The van der Waals surface area contributed by atoms with Crippen molar-refractivity contribution in [2.24, 2.45) is 5.92 Å². The molecule has 0 aromatic heterocycles. The van der Waals surface area contributed by atoms with E-state index >= 15 is 0 Å². The molecule has 0 bridgehead atoms. The van der Waals surface area contributed by atoms with Gasteiger partial charge in [0.15, 0.2) is 11.5 Å². The summed E-state index contributed by atoms with van der Waals surface area (Å²) in [6.07, 6.45) is 0. The van der Waals surface area contributed by atoms with Crippen molar-refractivity contribution in [3.05, 3.63) is 17.7 Å². The fourth-order valence-corrected chi connectivity index (χ4v) is 1.66. The number of hydrogen-bond acceptors (Lipinski definition) is 5. The second-order valence-corrected chi connectivity index (χ2v) is 4.46. The van der Waals surface area contributed by atoms with Gasteiger partial charge in [-0.3, -0.25) is 0 Å².